The number of hydrogen-bond donors (Lipinski definition) is 0. The molecule has 162 valence electrons. The molecule has 8 nitrogen and oxygen atoms in total. The van der Waals surface area contributed by atoms with Crippen LogP contribution in [-0.4, -0.2) is 53.6 Å². The van der Waals surface area contributed by atoms with Crippen LogP contribution in [0.5, 0.6) is 17.2 Å². The fraction of sp³-hybridized carbons (Fsp3) is 0.381. The van der Waals surface area contributed by atoms with Crippen LogP contribution in [0.25, 0.3) is 0 Å². The lowest BCUT2D eigenvalue weighted by atomic mass is 10.2. The van der Waals surface area contributed by atoms with Gasteiger partial charge in [0.2, 0.25) is 15.9 Å². The number of methoxy groups -OCH3 is 3. The zero-order valence-corrected chi connectivity index (χ0v) is 18.4. The summed E-state index contributed by atoms with van der Waals surface area (Å²) in [6, 6.07) is 9.80. The van der Waals surface area contributed by atoms with Crippen LogP contribution >= 0.6 is 0 Å². The molecular formula is C21H26N2O6S. The maximum Gasteiger partial charge on any atom is 0.243 e. The van der Waals surface area contributed by atoms with Gasteiger partial charge in [0, 0.05) is 38.2 Å². The third-order valence-corrected chi connectivity index (χ3v) is 6.91. The average Bonchev–Trinajstić information content (AvgIpc) is 3.18. The third-order valence-electron chi connectivity index (χ3n) is 5.11. The number of amides is 1. The smallest absolute Gasteiger partial charge is 0.243 e. The maximum absolute atomic E-state index is 13.2. The monoisotopic (exact) mass is 434 g/mol. The van der Waals surface area contributed by atoms with E-state index in [0.717, 1.165) is 6.42 Å². The van der Waals surface area contributed by atoms with E-state index in [-0.39, 0.29) is 17.3 Å². The number of rotatable bonds is 8. The van der Waals surface area contributed by atoms with Gasteiger partial charge in [-0.3, -0.25) is 4.79 Å². The summed E-state index contributed by atoms with van der Waals surface area (Å²) < 4.78 is 43.6. The highest BCUT2D eigenvalue weighted by Crippen LogP contribution is 2.35. The number of sulfonamides is 1. The van der Waals surface area contributed by atoms with Crippen molar-refractivity contribution in [3.8, 4) is 17.2 Å². The van der Waals surface area contributed by atoms with Crippen LogP contribution in [0.1, 0.15) is 18.4 Å². The van der Waals surface area contributed by atoms with Crippen LogP contribution in [0.4, 0.5) is 5.69 Å². The molecule has 0 N–H and O–H groups in total. The normalized spacial score (nSPS) is 14.3. The highest BCUT2D eigenvalue weighted by molar-refractivity contribution is 7.89. The molecule has 0 unspecified atom stereocenters. The lowest BCUT2D eigenvalue weighted by Gasteiger charge is -2.22. The van der Waals surface area contributed by atoms with Crippen LogP contribution in [0.2, 0.25) is 0 Å². The Morgan fingerprint density at radius 3 is 2.33 bits per heavy atom. The second-order valence-electron chi connectivity index (χ2n) is 6.92. The van der Waals surface area contributed by atoms with E-state index in [2.05, 4.69) is 0 Å². The summed E-state index contributed by atoms with van der Waals surface area (Å²) >= 11 is 0. The van der Waals surface area contributed by atoms with Crippen molar-refractivity contribution in [3.63, 3.8) is 0 Å². The van der Waals surface area contributed by atoms with Gasteiger partial charge in [-0.05, 0) is 30.7 Å². The van der Waals surface area contributed by atoms with E-state index in [1.54, 1.807) is 36.3 Å². The molecule has 1 aliphatic heterocycles. The van der Waals surface area contributed by atoms with Gasteiger partial charge in [-0.15, -0.1) is 0 Å². The Labute approximate surface area is 177 Å². The average molecular weight is 435 g/mol. The predicted molar refractivity (Wildman–Crippen MR) is 113 cm³/mol. The first-order valence-corrected chi connectivity index (χ1v) is 10.9. The topological polar surface area (TPSA) is 85.4 Å². The minimum Gasteiger partial charge on any atom is -0.497 e. The molecule has 1 fully saturated rings. The fourth-order valence-electron chi connectivity index (χ4n) is 3.43. The molecule has 3 rings (SSSR count). The molecule has 0 bridgehead atoms. The number of carbonyl (C=O) groups is 1. The summed E-state index contributed by atoms with van der Waals surface area (Å²) in [5.41, 5.74) is 1.17. The van der Waals surface area contributed by atoms with Gasteiger partial charge in [-0.25, -0.2) is 8.42 Å². The number of hydrogen-bond acceptors (Lipinski definition) is 6. The van der Waals surface area contributed by atoms with Crippen molar-refractivity contribution in [1.29, 1.82) is 0 Å². The van der Waals surface area contributed by atoms with Crippen LogP contribution < -0.4 is 19.1 Å². The van der Waals surface area contributed by atoms with Crippen molar-refractivity contribution in [2.24, 2.45) is 0 Å². The fourth-order valence-corrected chi connectivity index (χ4v) is 4.60. The molecule has 1 heterocycles. The summed E-state index contributed by atoms with van der Waals surface area (Å²) in [5.74, 6) is 1.58. The van der Waals surface area contributed by atoms with E-state index in [1.807, 2.05) is 0 Å². The Morgan fingerprint density at radius 1 is 1.00 bits per heavy atom. The summed E-state index contributed by atoms with van der Waals surface area (Å²) in [6.45, 7) is 0.650. The standard InChI is InChI=1S/C21H26N2O6S/c1-22(14-15-7-8-16(27-2)12-20(15)29-4)30(25,26)17-9-10-19(28-3)18(13-17)23-11-5-6-21(23)24/h7-10,12-13H,5-6,11,14H2,1-4H3. The molecular weight excluding hydrogens is 408 g/mol. The predicted octanol–water partition coefficient (Wildman–Crippen LogP) is 2.66. The van der Waals surface area contributed by atoms with Gasteiger partial charge in [0.05, 0.1) is 31.9 Å². The summed E-state index contributed by atoms with van der Waals surface area (Å²) in [6.07, 6.45) is 1.17. The lowest BCUT2D eigenvalue weighted by molar-refractivity contribution is -0.117. The van der Waals surface area contributed by atoms with Gasteiger partial charge in [0.25, 0.3) is 0 Å². The molecule has 9 heteroatoms. The first-order valence-electron chi connectivity index (χ1n) is 9.47. The van der Waals surface area contributed by atoms with Gasteiger partial charge in [-0.1, -0.05) is 6.07 Å². The number of anilines is 1. The molecule has 2 aromatic carbocycles. The van der Waals surface area contributed by atoms with Gasteiger partial charge in [-0.2, -0.15) is 4.31 Å². The summed E-state index contributed by atoms with van der Waals surface area (Å²) in [5, 5.41) is 0. The minimum atomic E-state index is -3.82. The van der Waals surface area contributed by atoms with Crippen molar-refractivity contribution in [1.82, 2.24) is 4.31 Å². The highest BCUT2D eigenvalue weighted by Gasteiger charge is 2.28. The SMILES string of the molecule is COc1ccc(CN(C)S(=O)(=O)c2ccc(OC)c(N3CCCC3=O)c2)c(OC)c1. The highest BCUT2D eigenvalue weighted by atomic mass is 32.2. The summed E-state index contributed by atoms with van der Waals surface area (Å²) in [7, 11) is 2.26. The number of ether oxygens (including phenoxy) is 3. The zero-order valence-electron chi connectivity index (χ0n) is 17.5. The molecule has 0 spiro atoms. The van der Waals surface area contributed by atoms with E-state index in [0.29, 0.717) is 41.5 Å². The van der Waals surface area contributed by atoms with Crippen molar-refractivity contribution in [2.75, 3.05) is 39.8 Å². The van der Waals surface area contributed by atoms with Gasteiger partial charge in [0.1, 0.15) is 17.2 Å². The van der Waals surface area contributed by atoms with E-state index >= 15 is 0 Å². The number of carbonyl (C=O) groups excluding carboxylic acids is 1. The number of benzene rings is 2. The second-order valence-corrected chi connectivity index (χ2v) is 8.97. The third kappa shape index (κ3) is 4.22. The van der Waals surface area contributed by atoms with Crippen LogP contribution in [0, 0.1) is 0 Å². The molecule has 0 atom stereocenters. The van der Waals surface area contributed by atoms with Crippen molar-refractivity contribution in [3.05, 3.63) is 42.0 Å². The quantitative estimate of drug-likeness (QED) is 0.635. The lowest BCUT2D eigenvalue weighted by Crippen LogP contribution is -2.28. The molecule has 0 aromatic heterocycles. The Bertz CT molecular complexity index is 1040. The van der Waals surface area contributed by atoms with Gasteiger partial charge >= 0.3 is 0 Å². The Hall–Kier alpha value is -2.78. The number of nitrogens with zero attached hydrogens (tertiary/aromatic N) is 2. The second kappa shape index (κ2) is 8.93. The van der Waals surface area contributed by atoms with Crippen molar-refractivity contribution in [2.45, 2.75) is 24.3 Å². The minimum absolute atomic E-state index is 0.0424. The first kappa shape index (κ1) is 21.9. The van der Waals surface area contributed by atoms with Gasteiger partial charge in [0.15, 0.2) is 0 Å². The van der Waals surface area contributed by atoms with E-state index in [9.17, 15) is 13.2 Å². The van der Waals surface area contributed by atoms with Crippen LogP contribution in [-0.2, 0) is 21.4 Å². The molecule has 1 saturated heterocycles. The Balaban J connectivity index is 1.92. The molecule has 30 heavy (non-hydrogen) atoms. The molecule has 0 radical (unpaired) electrons. The van der Waals surface area contributed by atoms with Crippen LogP contribution in [0.3, 0.4) is 0 Å². The van der Waals surface area contributed by atoms with E-state index in [4.69, 9.17) is 14.2 Å². The van der Waals surface area contributed by atoms with E-state index in [1.165, 1.54) is 37.7 Å². The van der Waals surface area contributed by atoms with Gasteiger partial charge < -0.3 is 19.1 Å². The molecule has 0 saturated carbocycles. The van der Waals surface area contributed by atoms with E-state index < -0.39 is 10.0 Å². The molecule has 1 aliphatic rings. The van der Waals surface area contributed by atoms with Crippen molar-refractivity contribution < 1.29 is 27.4 Å². The molecule has 2 aromatic rings. The Morgan fingerprint density at radius 2 is 1.73 bits per heavy atom. The maximum atomic E-state index is 13.2. The first-order chi connectivity index (χ1) is 14.3. The molecule has 0 aliphatic carbocycles. The zero-order chi connectivity index (χ0) is 21.9. The summed E-state index contributed by atoms with van der Waals surface area (Å²) in [4.78, 5) is 13.9. The Kier molecular flexibility index (Phi) is 6.52. The van der Waals surface area contributed by atoms with Crippen molar-refractivity contribution >= 4 is 21.6 Å². The molecule has 1 amide bonds. The van der Waals surface area contributed by atoms with Crippen LogP contribution in [0.15, 0.2) is 41.3 Å². The largest absolute Gasteiger partial charge is 0.497 e.